The van der Waals surface area contributed by atoms with E-state index in [1.807, 2.05) is 0 Å². The molecule has 22 heavy (non-hydrogen) atoms. The van der Waals surface area contributed by atoms with E-state index in [2.05, 4.69) is 4.98 Å². The van der Waals surface area contributed by atoms with Crippen molar-refractivity contribution in [2.45, 2.75) is 6.42 Å². The molecule has 4 nitrogen and oxygen atoms in total. The largest absolute Gasteiger partial charge is 0.331 e. The number of aromatic nitrogens is 2. The van der Waals surface area contributed by atoms with Crippen LogP contribution in [0.15, 0.2) is 53.3 Å². The fraction of sp³-hybridized carbons (Fsp3) is 0.0625. The summed E-state index contributed by atoms with van der Waals surface area (Å²) in [7, 11) is 0. The molecule has 110 valence electrons. The van der Waals surface area contributed by atoms with Crippen molar-refractivity contribution in [3.63, 3.8) is 0 Å². The first kappa shape index (κ1) is 14.7. The average Bonchev–Trinajstić information content (AvgIpc) is 2.49. The lowest BCUT2D eigenvalue weighted by molar-refractivity contribution is 0.0907. The lowest BCUT2D eigenvalue weighted by Gasteiger charge is -2.07. The van der Waals surface area contributed by atoms with Crippen LogP contribution < -0.4 is 5.56 Å². The van der Waals surface area contributed by atoms with E-state index in [1.165, 1.54) is 0 Å². The minimum Gasteiger partial charge on any atom is -0.331 e. The van der Waals surface area contributed by atoms with E-state index >= 15 is 0 Å². The summed E-state index contributed by atoms with van der Waals surface area (Å²) >= 11 is 11.0. The predicted octanol–water partition coefficient (Wildman–Crippen LogP) is 3.60. The normalized spacial score (nSPS) is 10.8. The number of H-pyrrole nitrogens is 1. The molecule has 0 spiro atoms. The van der Waals surface area contributed by atoms with Gasteiger partial charge >= 0.3 is 0 Å². The maximum absolute atomic E-state index is 12.5. The van der Waals surface area contributed by atoms with Gasteiger partial charge in [0.05, 0.1) is 17.3 Å². The summed E-state index contributed by atoms with van der Waals surface area (Å²) in [4.78, 5) is 27.8. The Balaban J connectivity index is 2.06. The van der Waals surface area contributed by atoms with Crippen LogP contribution in [-0.2, 0) is 6.42 Å². The summed E-state index contributed by atoms with van der Waals surface area (Å²) < 4.78 is 1.11. The average molecular weight is 331 g/mol. The number of benzene rings is 2. The van der Waals surface area contributed by atoms with Crippen molar-refractivity contribution < 1.29 is 4.79 Å². The van der Waals surface area contributed by atoms with Crippen molar-refractivity contribution in [1.82, 2.24) is 9.55 Å². The number of para-hydroxylation sites is 1. The lowest BCUT2D eigenvalue weighted by atomic mass is 10.1. The molecular weight excluding hydrogens is 320 g/mol. The Morgan fingerprint density at radius 1 is 1.14 bits per heavy atom. The van der Waals surface area contributed by atoms with Crippen molar-refractivity contribution in [3.8, 4) is 0 Å². The van der Waals surface area contributed by atoms with Gasteiger partial charge in [-0.25, -0.2) is 4.57 Å². The molecule has 3 aromatic rings. The predicted molar refractivity (Wildman–Crippen MR) is 89.2 cm³/mol. The Bertz CT molecular complexity index is 974. The molecule has 0 saturated carbocycles. The number of nitrogens with one attached hydrogen (secondary N) is 1. The van der Waals surface area contributed by atoms with Gasteiger partial charge in [0.15, 0.2) is 4.77 Å². The number of hydrogen-bond donors (Lipinski definition) is 1. The highest BCUT2D eigenvalue weighted by molar-refractivity contribution is 7.71. The first-order chi connectivity index (χ1) is 10.6. The van der Waals surface area contributed by atoms with Gasteiger partial charge in [-0.2, -0.15) is 0 Å². The number of carbonyl (C=O) groups is 1. The van der Waals surface area contributed by atoms with E-state index < -0.39 is 5.56 Å². The highest BCUT2D eigenvalue weighted by Gasteiger charge is 2.13. The molecule has 0 amide bonds. The van der Waals surface area contributed by atoms with Crippen molar-refractivity contribution >= 4 is 40.6 Å². The molecule has 0 aliphatic heterocycles. The van der Waals surface area contributed by atoms with Crippen molar-refractivity contribution in [2.75, 3.05) is 0 Å². The quantitative estimate of drug-likeness (QED) is 0.730. The second-order valence-corrected chi connectivity index (χ2v) is 5.64. The van der Waals surface area contributed by atoms with E-state index in [1.54, 1.807) is 48.5 Å². The minimum absolute atomic E-state index is 0.0763. The fourth-order valence-corrected chi connectivity index (χ4v) is 2.67. The third-order valence-electron chi connectivity index (χ3n) is 3.32. The van der Waals surface area contributed by atoms with Gasteiger partial charge in [-0.15, -0.1) is 0 Å². The molecule has 1 N–H and O–H groups in total. The molecular formula is C16H11ClN2O2S. The summed E-state index contributed by atoms with van der Waals surface area (Å²) in [6.07, 6.45) is 0.0763. The van der Waals surface area contributed by atoms with Crippen LogP contribution >= 0.6 is 23.8 Å². The van der Waals surface area contributed by atoms with Crippen LogP contribution in [0.2, 0.25) is 5.02 Å². The monoisotopic (exact) mass is 330 g/mol. The molecule has 0 atom stereocenters. The van der Waals surface area contributed by atoms with Gasteiger partial charge in [0.2, 0.25) is 5.91 Å². The molecule has 3 rings (SSSR count). The van der Waals surface area contributed by atoms with Crippen molar-refractivity contribution in [3.05, 3.63) is 74.2 Å². The third-order valence-corrected chi connectivity index (χ3v) is 3.86. The summed E-state index contributed by atoms with van der Waals surface area (Å²) in [5.74, 6) is -0.376. The summed E-state index contributed by atoms with van der Waals surface area (Å²) in [6.45, 7) is 0. The van der Waals surface area contributed by atoms with Gasteiger partial charge in [-0.05, 0) is 42.0 Å². The van der Waals surface area contributed by atoms with Gasteiger partial charge in [-0.3, -0.25) is 9.59 Å². The Labute approximate surface area is 136 Å². The van der Waals surface area contributed by atoms with Crippen LogP contribution in [0, 0.1) is 4.77 Å². The molecule has 0 unspecified atom stereocenters. The topological polar surface area (TPSA) is 54.9 Å². The summed E-state index contributed by atoms with van der Waals surface area (Å²) in [6, 6.07) is 13.9. The number of rotatable bonds is 2. The van der Waals surface area contributed by atoms with Crippen LogP contribution in [0.25, 0.3) is 10.9 Å². The van der Waals surface area contributed by atoms with Gasteiger partial charge in [-0.1, -0.05) is 35.9 Å². The Kier molecular flexibility index (Phi) is 3.92. The smallest absolute Gasteiger partial charge is 0.269 e. The molecule has 0 radical (unpaired) electrons. The number of aromatic amines is 1. The molecule has 1 aromatic heterocycles. The number of halogens is 1. The third kappa shape index (κ3) is 2.73. The summed E-state index contributed by atoms with van der Waals surface area (Å²) in [5, 5.41) is 1.02. The minimum atomic E-state index is -0.404. The molecule has 0 aliphatic rings. The van der Waals surface area contributed by atoms with Crippen LogP contribution in [0.3, 0.4) is 0 Å². The standard InChI is InChI=1S/C16H11ClN2O2S/c17-11-7-5-10(6-8-11)9-14(20)19-15(21)12-3-1-2-4-13(12)18-16(19)22/h1-8H,9H2,(H,18,22). The molecule has 0 bridgehead atoms. The summed E-state index contributed by atoms with van der Waals surface area (Å²) in [5.41, 5.74) is 0.982. The van der Waals surface area contributed by atoms with E-state index in [-0.39, 0.29) is 17.1 Å². The van der Waals surface area contributed by atoms with Gasteiger partial charge in [0.25, 0.3) is 5.56 Å². The number of fused-ring (bicyclic) bond motifs is 1. The second kappa shape index (κ2) is 5.87. The number of carbonyl (C=O) groups excluding carboxylic acids is 1. The zero-order valence-electron chi connectivity index (χ0n) is 11.4. The lowest BCUT2D eigenvalue weighted by Crippen LogP contribution is -2.29. The van der Waals surface area contributed by atoms with Crippen LogP contribution in [0.1, 0.15) is 10.4 Å². The highest BCUT2D eigenvalue weighted by atomic mass is 35.5. The number of nitrogens with zero attached hydrogens (tertiary/aromatic N) is 1. The van der Waals surface area contributed by atoms with E-state index in [9.17, 15) is 9.59 Å². The molecule has 2 aromatic carbocycles. The first-order valence-electron chi connectivity index (χ1n) is 6.58. The van der Waals surface area contributed by atoms with Crippen LogP contribution in [0.4, 0.5) is 0 Å². The molecule has 0 aliphatic carbocycles. The van der Waals surface area contributed by atoms with Gasteiger partial charge in [0.1, 0.15) is 0 Å². The first-order valence-corrected chi connectivity index (χ1v) is 7.36. The highest BCUT2D eigenvalue weighted by Crippen LogP contribution is 2.11. The van der Waals surface area contributed by atoms with E-state index in [0.717, 1.165) is 10.1 Å². The number of hydrogen-bond acceptors (Lipinski definition) is 3. The molecule has 1 heterocycles. The van der Waals surface area contributed by atoms with Crippen LogP contribution in [0.5, 0.6) is 0 Å². The Morgan fingerprint density at radius 2 is 1.82 bits per heavy atom. The molecule has 0 saturated heterocycles. The molecule has 0 fully saturated rings. The van der Waals surface area contributed by atoms with Crippen molar-refractivity contribution in [2.24, 2.45) is 0 Å². The second-order valence-electron chi connectivity index (χ2n) is 4.81. The zero-order chi connectivity index (χ0) is 15.7. The Hall–Kier alpha value is -2.24. The fourth-order valence-electron chi connectivity index (χ4n) is 2.24. The van der Waals surface area contributed by atoms with Gasteiger partial charge in [0, 0.05) is 5.02 Å². The van der Waals surface area contributed by atoms with Crippen LogP contribution in [-0.4, -0.2) is 15.5 Å². The van der Waals surface area contributed by atoms with Gasteiger partial charge < -0.3 is 4.98 Å². The van der Waals surface area contributed by atoms with Crippen molar-refractivity contribution in [1.29, 1.82) is 0 Å². The Morgan fingerprint density at radius 3 is 2.55 bits per heavy atom. The maximum Gasteiger partial charge on any atom is 0.269 e. The van der Waals surface area contributed by atoms with E-state index in [4.69, 9.17) is 23.8 Å². The van der Waals surface area contributed by atoms with E-state index in [0.29, 0.717) is 15.9 Å². The molecule has 6 heteroatoms. The zero-order valence-corrected chi connectivity index (χ0v) is 12.9. The maximum atomic E-state index is 12.5. The SMILES string of the molecule is O=C(Cc1ccc(Cl)cc1)n1c(=S)[nH]c2ccccc2c1=O.